The summed E-state index contributed by atoms with van der Waals surface area (Å²) >= 11 is 0. The van der Waals surface area contributed by atoms with E-state index in [9.17, 15) is 18.4 Å². The van der Waals surface area contributed by atoms with Crippen LogP contribution in [0.3, 0.4) is 0 Å². The van der Waals surface area contributed by atoms with Crippen LogP contribution in [0.4, 0.5) is 13.6 Å². The molecule has 1 N–H and O–H groups in total. The molecule has 0 saturated carbocycles. The second-order valence-corrected chi connectivity index (χ2v) is 6.95. The van der Waals surface area contributed by atoms with Crippen molar-refractivity contribution >= 4 is 12.1 Å². The van der Waals surface area contributed by atoms with Crippen molar-refractivity contribution in [2.45, 2.75) is 64.9 Å². The zero-order chi connectivity index (χ0) is 20.3. The Bertz CT molecular complexity index is 575. The summed E-state index contributed by atoms with van der Waals surface area (Å²) in [6.07, 6.45) is -0.307. The highest BCUT2D eigenvalue weighted by Crippen LogP contribution is 2.11. The Hall–Kier alpha value is -2.22. The molecule has 27 heavy (non-hydrogen) atoms. The van der Waals surface area contributed by atoms with Gasteiger partial charge >= 0.3 is 18.7 Å². The zero-order valence-electron chi connectivity index (χ0n) is 15.9. The summed E-state index contributed by atoms with van der Waals surface area (Å²) in [5.41, 5.74) is 0.169. The van der Waals surface area contributed by atoms with Gasteiger partial charge in [0.1, 0.15) is 12.2 Å². The first-order chi connectivity index (χ1) is 12.7. The molecule has 6 nitrogen and oxygen atoms in total. The summed E-state index contributed by atoms with van der Waals surface area (Å²) in [6, 6.07) is 8.66. The first-order valence-corrected chi connectivity index (χ1v) is 8.74. The fourth-order valence-electron chi connectivity index (χ4n) is 2.16. The Labute approximate surface area is 158 Å². The number of halogens is 2. The minimum absolute atomic E-state index is 0.0297. The number of carbonyl (C=O) groups excluding carboxylic acids is 2. The molecule has 0 aliphatic rings. The molecule has 1 aromatic carbocycles. The number of carbonyl (C=O) groups is 2. The molecule has 1 amide bonds. The van der Waals surface area contributed by atoms with Crippen molar-refractivity contribution in [3.8, 4) is 0 Å². The van der Waals surface area contributed by atoms with Gasteiger partial charge in [-0.2, -0.15) is 8.78 Å². The van der Waals surface area contributed by atoms with Crippen molar-refractivity contribution in [1.82, 2.24) is 5.32 Å². The van der Waals surface area contributed by atoms with Crippen LogP contribution in [0.5, 0.6) is 0 Å². The quantitative estimate of drug-likeness (QED) is 0.614. The Kier molecular flexibility index (Phi) is 9.71. The van der Waals surface area contributed by atoms with E-state index >= 15 is 0 Å². The van der Waals surface area contributed by atoms with E-state index in [0.717, 1.165) is 5.56 Å². The number of nitrogens with one attached hydrogen (secondary N) is 1. The van der Waals surface area contributed by atoms with E-state index in [1.807, 2.05) is 30.3 Å². The summed E-state index contributed by atoms with van der Waals surface area (Å²) in [6.45, 7) is 2.14. The maximum absolute atomic E-state index is 12.1. The van der Waals surface area contributed by atoms with Crippen LogP contribution in [-0.2, 0) is 25.6 Å². The third-order valence-corrected chi connectivity index (χ3v) is 3.37. The molecule has 1 rings (SSSR count). The number of rotatable bonds is 10. The van der Waals surface area contributed by atoms with Crippen molar-refractivity contribution < 1.29 is 32.6 Å². The number of esters is 1. The first kappa shape index (κ1) is 22.8. The lowest BCUT2D eigenvalue weighted by Gasteiger charge is -2.23. The molecule has 0 unspecified atom stereocenters. The van der Waals surface area contributed by atoms with Crippen molar-refractivity contribution in [3.63, 3.8) is 0 Å². The summed E-state index contributed by atoms with van der Waals surface area (Å²) < 4.78 is 38.8. The molecule has 8 heteroatoms. The molecular weight excluding hydrogens is 360 g/mol. The highest BCUT2D eigenvalue weighted by atomic mass is 19.3. The number of ether oxygens (including phenoxy) is 3. The van der Waals surface area contributed by atoms with E-state index in [4.69, 9.17) is 9.47 Å². The van der Waals surface area contributed by atoms with Gasteiger partial charge in [-0.15, -0.1) is 0 Å². The van der Waals surface area contributed by atoms with Crippen LogP contribution >= 0.6 is 0 Å². The van der Waals surface area contributed by atoms with Crippen LogP contribution in [0.15, 0.2) is 30.3 Å². The SMILES string of the molecule is CC(C)(C)OC(=O)N[C@@H](CCOC(F)F)CCC(=O)OCc1ccccc1. The number of hydrogen-bond acceptors (Lipinski definition) is 5. The van der Waals surface area contributed by atoms with Crippen LogP contribution in [0.1, 0.15) is 45.6 Å². The minimum atomic E-state index is -2.89. The lowest BCUT2D eigenvalue weighted by molar-refractivity contribution is -0.145. The van der Waals surface area contributed by atoms with Crippen LogP contribution < -0.4 is 5.32 Å². The molecule has 0 aliphatic carbocycles. The van der Waals surface area contributed by atoms with Gasteiger partial charge in [0.05, 0.1) is 6.61 Å². The van der Waals surface area contributed by atoms with Gasteiger partial charge in [0.25, 0.3) is 0 Å². The molecular formula is C19H27F2NO5. The van der Waals surface area contributed by atoms with Crippen molar-refractivity contribution in [2.75, 3.05) is 6.61 Å². The molecule has 0 aliphatic heterocycles. The maximum Gasteiger partial charge on any atom is 0.407 e. The molecule has 0 radical (unpaired) electrons. The fraction of sp³-hybridized carbons (Fsp3) is 0.579. The van der Waals surface area contributed by atoms with Crippen LogP contribution in [0.25, 0.3) is 0 Å². The molecule has 1 atom stereocenters. The normalized spacial score (nSPS) is 12.5. The standard InChI is InChI=1S/C19H27F2NO5/c1-19(2,3)27-18(24)22-15(11-12-25-17(20)21)9-10-16(23)26-13-14-7-5-4-6-8-14/h4-8,15,17H,9-13H2,1-3H3,(H,22,24)/t15-/m1/s1. The minimum Gasteiger partial charge on any atom is -0.461 e. The summed E-state index contributed by atoms with van der Waals surface area (Å²) in [5.74, 6) is -0.440. The second-order valence-electron chi connectivity index (χ2n) is 6.95. The van der Waals surface area contributed by atoms with Gasteiger partial charge in [0.2, 0.25) is 0 Å². The number of amides is 1. The van der Waals surface area contributed by atoms with Crippen molar-refractivity contribution in [3.05, 3.63) is 35.9 Å². The molecule has 0 aromatic heterocycles. The fourth-order valence-corrected chi connectivity index (χ4v) is 2.16. The zero-order valence-corrected chi connectivity index (χ0v) is 15.9. The van der Waals surface area contributed by atoms with Gasteiger partial charge in [-0.1, -0.05) is 30.3 Å². The summed E-state index contributed by atoms with van der Waals surface area (Å²) in [4.78, 5) is 23.8. The lowest BCUT2D eigenvalue weighted by Crippen LogP contribution is -2.40. The predicted molar refractivity (Wildman–Crippen MR) is 95.2 cm³/mol. The Morgan fingerprint density at radius 2 is 1.78 bits per heavy atom. The smallest absolute Gasteiger partial charge is 0.407 e. The van der Waals surface area contributed by atoms with E-state index in [1.165, 1.54) is 0 Å². The lowest BCUT2D eigenvalue weighted by atomic mass is 10.1. The number of benzene rings is 1. The van der Waals surface area contributed by atoms with E-state index in [-0.39, 0.29) is 32.5 Å². The van der Waals surface area contributed by atoms with Crippen molar-refractivity contribution in [1.29, 1.82) is 0 Å². The molecule has 0 heterocycles. The number of hydrogen-bond donors (Lipinski definition) is 1. The first-order valence-electron chi connectivity index (χ1n) is 8.74. The van der Waals surface area contributed by atoms with Gasteiger partial charge in [0.15, 0.2) is 0 Å². The van der Waals surface area contributed by atoms with Crippen LogP contribution in [0, 0.1) is 0 Å². The Balaban J connectivity index is 2.46. The summed E-state index contributed by atoms with van der Waals surface area (Å²) in [7, 11) is 0. The maximum atomic E-state index is 12.1. The Morgan fingerprint density at radius 3 is 2.37 bits per heavy atom. The largest absolute Gasteiger partial charge is 0.461 e. The number of alkyl halides is 2. The van der Waals surface area contributed by atoms with Gasteiger partial charge in [0, 0.05) is 12.5 Å². The van der Waals surface area contributed by atoms with Gasteiger partial charge in [-0.25, -0.2) is 4.79 Å². The van der Waals surface area contributed by atoms with Crippen LogP contribution in [0.2, 0.25) is 0 Å². The van der Waals surface area contributed by atoms with Gasteiger partial charge < -0.3 is 19.5 Å². The second kappa shape index (κ2) is 11.5. The highest BCUT2D eigenvalue weighted by molar-refractivity contribution is 5.70. The molecule has 0 bridgehead atoms. The average molecular weight is 387 g/mol. The highest BCUT2D eigenvalue weighted by Gasteiger charge is 2.21. The average Bonchev–Trinajstić information content (AvgIpc) is 2.56. The molecule has 0 spiro atoms. The Morgan fingerprint density at radius 1 is 1.11 bits per heavy atom. The topological polar surface area (TPSA) is 73.9 Å². The predicted octanol–water partition coefficient (Wildman–Crippen LogP) is 4.03. The summed E-state index contributed by atoms with van der Waals surface area (Å²) in [5, 5.41) is 2.58. The van der Waals surface area contributed by atoms with E-state index < -0.39 is 30.3 Å². The monoisotopic (exact) mass is 387 g/mol. The van der Waals surface area contributed by atoms with E-state index in [1.54, 1.807) is 20.8 Å². The van der Waals surface area contributed by atoms with Crippen molar-refractivity contribution in [2.24, 2.45) is 0 Å². The third-order valence-electron chi connectivity index (χ3n) is 3.37. The van der Waals surface area contributed by atoms with Gasteiger partial charge in [-0.3, -0.25) is 4.79 Å². The van der Waals surface area contributed by atoms with Gasteiger partial charge in [-0.05, 0) is 39.2 Å². The van der Waals surface area contributed by atoms with E-state index in [2.05, 4.69) is 10.1 Å². The van der Waals surface area contributed by atoms with E-state index in [0.29, 0.717) is 0 Å². The third kappa shape index (κ3) is 11.9. The van der Waals surface area contributed by atoms with Crippen LogP contribution in [-0.4, -0.2) is 36.9 Å². The molecule has 0 fully saturated rings. The molecule has 152 valence electrons. The number of alkyl carbamates (subject to hydrolysis) is 1. The molecule has 0 saturated heterocycles. The molecule has 1 aromatic rings.